The van der Waals surface area contributed by atoms with Crippen LogP contribution >= 0.6 is 11.8 Å². The van der Waals surface area contributed by atoms with Crippen LogP contribution in [0.1, 0.15) is 27.3 Å². The number of ketones is 1. The number of tetrazole rings is 1. The lowest BCUT2D eigenvalue weighted by atomic mass is 10.2. The van der Waals surface area contributed by atoms with E-state index < -0.39 is 0 Å². The third kappa shape index (κ3) is 4.49. The molecule has 9 heteroatoms. The molecule has 0 N–H and O–H groups in total. The van der Waals surface area contributed by atoms with Gasteiger partial charge in [0.05, 0.1) is 20.0 Å². The fourth-order valence-corrected chi connectivity index (χ4v) is 4.53. The summed E-state index contributed by atoms with van der Waals surface area (Å²) in [5.74, 6) is 1.67. The second-order valence-electron chi connectivity index (χ2n) is 7.58. The van der Waals surface area contributed by atoms with E-state index in [2.05, 4.69) is 20.1 Å². The van der Waals surface area contributed by atoms with Crippen molar-refractivity contribution >= 4 is 17.5 Å². The van der Waals surface area contributed by atoms with Gasteiger partial charge in [-0.3, -0.25) is 4.79 Å². The monoisotopic (exact) mass is 463 g/mol. The Labute approximate surface area is 196 Å². The molecule has 0 bridgehead atoms. The summed E-state index contributed by atoms with van der Waals surface area (Å²) in [5.41, 5.74) is 5.33. The van der Waals surface area contributed by atoms with Crippen molar-refractivity contribution in [2.24, 2.45) is 0 Å². The number of aryl methyl sites for hydroxylation is 2. The maximum absolute atomic E-state index is 13.1. The summed E-state index contributed by atoms with van der Waals surface area (Å²) < 4.78 is 14.4. The van der Waals surface area contributed by atoms with Crippen LogP contribution in [0.3, 0.4) is 0 Å². The van der Waals surface area contributed by atoms with E-state index in [9.17, 15) is 4.79 Å². The lowest BCUT2D eigenvalue weighted by Gasteiger charge is -2.11. The van der Waals surface area contributed by atoms with Crippen LogP contribution in [-0.4, -0.2) is 50.5 Å². The van der Waals surface area contributed by atoms with Crippen molar-refractivity contribution in [1.82, 2.24) is 24.8 Å². The molecule has 2 aromatic heterocycles. The van der Waals surface area contributed by atoms with E-state index in [1.54, 1.807) is 18.9 Å². The van der Waals surface area contributed by atoms with Gasteiger partial charge >= 0.3 is 0 Å². The minimum atomic E-state index is 0.0126. The lowest BCUT2D eigenvalue weighted by molar-refractivity contribution is 0.102. The number of hydrogen-bond donors (Lipinski definition) is 0. The molecular weight excluding hydrogens is 438 g/mol. The quantitative estimate of drug-likeness (QED) is 0.283. The Morgan fingerprint density at radius 3 is 2.45 bits per heavy atom. The third-order valence-corrected chi connectivity index (χ3v) is 6.32. The van der Waals surface area contributed by atoms with Gasteiger partial charge in [0.2, 0.25) is 5.16 Å². The second kappa shape index (κ2) is 9.50. The average molecular weight is 464 g/mol. The Morgan fingerprint density at radius 1 is 1.00 bits per heavy atom. The van der Waals surface area contributed by atoms with Crippen LogP contribution in [0.4, 0.5) is 0 Å². The average Bonchev–Trinajstić information content (AvgIpc) is 3.41. The number of nitrogens with zero attached hydrogens (tertiary/aromatic N) is 5. The Balaban J connectivity index is 1.56. The molecule has 0 atom stereocenters. The summed E-state index contributed by atoms with van der Waals surface area (Å²) in [6.07, 6.45) is 0. The van der Waals surface area contributed by atoms with Crippen LogP contribution < -0.4 is 9.47 Å². The van der Waals surface area contributed by atoms with Gasteiger partial charge in [0.25, 0.3) is 0 Å². The molecule has 4 aromatic rings. The van der Waals surface area contributed by atoms with Crippen LogP contribution in [0, 0.1) is 20.8 Å². The van der Waals surface area contributed by atoms with Gasteiger partial charge in [-0.2, -0.15) is 4.68 Å². The topological polar surface area (TPSA) is 84.1 Å². The molecule has 0 fully saturated rings. The maximum Gasteiger partial charge on any atom is 0.214 e. The molecule has 0 spiro atoms. The van der Waals surface area contributed by atoms with E-state index >= 15 is 0 Å². The third-order valence-electron chi connectivity index (χ3n) is 5.40. The molecular formula is C24H25N5O3S. The van der Waals surface area contributed by atoms with Gasteiger partial charge in [-0.1, -0.05) is 17.8 Å². The highest BCUT2D eigenvalue weighted by Crippen LogP contribution is 2.28. The highest BCUT2D eigenvalue weighted by Gasteiger charge is 2.20. The number of carbonyl (C=O) groups excluding carboxylic acids is 1. The first-order chi connectivity index (χ1) is 15.9. The van der Waals surface area contributed by atoms with Crippen molar-refractivity contribution < 1.29 is 14.3 Å². The predicted octanol–water partition coefficient (Wildman–Crippen LogP) is 4.37. The normalized spacial score (nSPS) is 10.9. The Kier molecular flexibility index (Phi) is 6.50. The zero-order valence-electron chi connectivity index (χ0n) is 19.2. The van der Waals surface area contributed by atoms with Crippen LogP contribution in [0.15, 0.2) is 53.7 Å². The van der Waals surface area contributed by atoms with Crippen LogP contribution in [0.25, 0.3) is 11.4 Å². The van der Waals surface area contributed by atoms with E-state index in [4.69, 9.17) is 9.47 Å². The number of carbonyl (C=O) groups is 1. The molecule has 0 radical (unpaired) electrons. The summed E-state index contributed by atoms with van der Waals surface area (Å²) in [4.78, 5) is 13.1. The van der Waals surface area contributed by atoms with Crippen molar-refractivity contribution in [2.45, 2.75) is 25.9 Å². The van der Waals surface area contributed by atoms with Gasteiger partial charge in [0, 0.05) is 22.6 Å². The minimum Gasteiger partial charge on any atom is -0.497 e. The molecule has 33 heavy (non-hydrogen) atoms. The smallest absolute Gasteiger partial charge is 0.214 e. The number of ether oxygens (including phenoxy) is 2. The molecule has 0 amide bonds. The Bertz CT molecular complexity index is 1290. The minimum absolute atomic E-state index is 0.0126. The van der Waals surface area contributed by atoms with Gasteiger partial charge < -0.3 is 14.0 Å². The standard InChI is InChI=1S/C24H25N5O3S/c1-15-6-11-23(32-5)21(12-15)29-24(25-26-27-29)33-14-22(30)20-13-16(2)28(17(20)3)18-7-9-19(31-4)10-8-18/h6-13H,14H2,1-5H3. The number of benzene rings is 2. The van der Waals surface area contributed by atoms with Crippen LogP contribution in [0.5, 0.6) is 11.5 Å². The number of hydrogen-bond acceptors (Lipinski definition) is 7. The fraction of sp³-hybridized carbons (Fsp3) is 0.250. The number of aromatic nitrogens is 5. The van der Waals surface area contributed by atoms with Crippen molar-refractivity contribution in [3.8, 4) is 22.9 Å². The van der Waals surface area contributed by atoms with Crippen molar-refractivity contribution in [3.63, 3.8) is 0 Å². The molecule has 0 saturated heterocycles. The fourth-order valence-electron chi connectivity index (χ4n) is 3.77. The molecule has 8 nitrogen and oxygen atoms in total. The van der Waals surface area contributed by atoms with E-state index in [1.807, 2.05) is 69.3 Å². The van der Waals surface area contributed by atoms with Gasteiger partial charge in [-0.15, -0.1) is 5.10 Å². The second-order valence-corrected chi connectivity index (χ2v) is 8.52. The molecule has 0 aliphatic heterocycles. The number of methoxy groups -OCH3 is 2. The van der Waals surface area contributed by atoms with E-state index in [-0.39, 0.29) is 11.5 Å². The van der Waals surface area contributed by atoms with Crippen molar-refractivity contribution in [1.29, 1.82) is 0 Å². The first-order valence-corrected chi connectivity index (χ1v) is 11.3. The first-order valence-electron chi connectivity index (χ1n) is 10.4. The summed E-state index contributed by atoms with van der Waals surface area (Å²) >= 11 is 1.30. The van der Waals surface area contributed by atoms with Crippen molar-refractivity contribution in [3.05, 3.63) is 71.0 Å². The van der Waals surface area contributed by atoms with Gasteiger partial charge in [-0.05, 0) is 79.2 Å². The highest BCUT2D eigenvalue weighted by molar-refractivity contribution is 7.99. The summed E-state index contributed by atoms with van der Waals surface area (Å²) in [5, 5.41) is 12.5. The molecule has 170 valence electrons. The van der Waals surface area contributed by atoms with E-state index in [0.29, 0.717) is 16.5 Å². The SMILES string of the molecule is COc1ccc(-n2c(C)cc(C(=O)CSc3nnnn3-c3cc(C)ccc3OC)c2C)cc1. The van der Waals surface area contributed by atoms with Gasteiger partial charge in [0.1, 0.15) is 17.2 Å². The lowest BCUT2D eigenvalue weighted by Crippen LogP contribution is -2.07. The predicted molar refractivity (Wildman–Crippen MR) is 127 cm³/mol. The summed E-state index contributed by atoms with van der Waals surface area (Å²) in [6.45, 7) is 5.94. The highest BCUT2D eigenvalue weighted by atomic mass is 32.2. The van der Waals surface area contributed by atoms with E-state index in [0.717, 1.165) is 34.1 Å². The first kappa shape index (κ1) is 22.6. The molecule has 2 aromatic carbocycles. The molecule has 0 saturated carbocycles. The molecule has 0 aliphatic carbocycles. The summed E-state index contributed by atoms with van der Waals surface area (Å²) in [7, 11) is 3.24. The van der Waals surface area contributed by atoms with Gasteiger partial charge in [0.15, 0.2) is 5.78 Å². The van der Waals surface area contributed by atoms with Crippen LogP contribution in [0.2, 0.25) is 0 Å². The molecule has 2 heterocycles. The van der Waals surface area contributed by atoms with E-state index in [1.165, 1.54) is 11.8 Å². The number of rotatable bonds is 8. The maximum atomic E-state index is 13.1. The molecule has 0 unspecified atom stereocenters. The van der Waals surface area contributed by atoms with Crippen molar-refractivity contribution in [2.75, 3.05) is 20.0 Å². The number of Topliss-reactive ketones (excluding diaryl/α,β-unsaturated/α-hetero) is 1. The van der Waals surface area contributed by atoms with Gasteiger partial charge in [-0.25, -0.2) is 0 Å². The van der Waals surface area contributed by atoms with Crippen LogP contribution in [-0.2, 0) is 0 Å². The Hall–Kier alpha value is -3.59. The largest absolute Gasteiger partial charge is 0.497 e. The summed E-state index contributed by atoms with van der Waals surface area (Å²) in [6, 6.07) is 15.5. The zero-order chi connectivity index (χ0) is 23.5. The molecule has 4 rings (SSSR count). The number of thioether (sulfide) groups is 1. The molecule has 0 aliphatic rings. The zero-order valence-corrected chi connectivity index (χ0v) is 20.0. The Morgan fingerprint density at radius 2 is 1.76 bits per heavy atom.